The van der Waals surface area contributed by atoms with Crippen molar-refractivity contribution in [3.8, 4) is 0 Å². The third kappa shape index (κ3) is 3.01. The minimum Gasteiger partial charge on any atom is -0.405 e. The van der Waals surface area contributed by atoms with Gasteiger partial charge in [0.25, 0.3) is 0 Å². The van der Waals surface area contributed by atoms with Gasteiger partial charge in [-0.3, -0.25) is 9.48 Å². The molecule has 0 saturated carbocycles. The predicted octanol–water partition coefficient (Wildman–Crippen LogP) is 1.10. The van der Waals surface area contributed by atoms with Gasteiger partial charge in [0.1, 0.15) is 17.9 Å². The van der Waals surface area contributed by atoms with Crippen LogP contribution in [0.25, 0.3) is 21.8 Å². The number of pyridine rings is 1. The Morgan fingerprint density at radius 2 is 2.12 bits per heavy atom. The first kappa shape index (κ1) is 16.4. The van der Waals surface area contributed by atoms with Gasteiger partial charge in [0.15, 0.2) is 0 Å². The minimum absolute atomic E-state index is 0.0621. The van der Waals surface area contributed by atoms with Crippen LogP contribution in [0.3, 0.4) is 0 Å². The summed E-state index contributed by atoms with van der Waals surface area (Å²) in [7, 11) is 3.40. The molecule has 2 heterocycles. The van der Waals surface area contributed by atoms with Crippen molar-refractivity contribution in [3.05, 3.63) is 42.2 Å². The Balaban J connectivity index is 2.12. The highest BCUT2D eigenvalue weighted by atomic mass is 16.2. The summed E-state index contributed by atoms with van der Waals surface area (Å²) in [5, 5.41) is 14.0. The van der Waals surface area contributed by atoms with E-state index in [4.69, 9.17) is 16.9 Å². The van der Waals surface area contributed by atoms with Gasteiger partial charge in [-0.25, -0.2) is 4.98 Å². The summed E-state index contributed by atoms with van der Waals surface area (Å²) in [6, 6.07) is 5.44. The van der Waals surface area contributed by atoms with Crippen molar-refractivity contribution in [2.45, 2.75) is 6.54 Å². The molecule has 25 heavy (non-hydrogen) atoms. The number of nitrogen functional groups attached to an aromatic ring is 1. The smallest absolute Gasteiger partial charge is 0.243 e. The van der Waals surface area contributed by atoms with Gasteiger partial charge in [0.2, 0.25) is 5.91 Å². The van der Waals surface area contributed by atoms with E-state index >= 15 is 0 Å². The molecule has 3 aromatic rings. The van der Waals surface area contributed by atoms with Crippen molar-refractivity contribution in [1.29, 1.82) is 5.41 Å². The van der Waals surface area contributed by atoms with E-state index in [9.17, 15) is 4.79 Å². The van der Waals surface area contributed by atoms with Crippen LogP contribution < -0.4 is 11.5 Å². The van der Waals surface area contributed by atoms with Crippen LogP contribution in [-0.4, -0.2) is 45.4 Å². The highest BCUT2D eigenvalue weighted by molar-refractivity contribution is 6.12. The van der Waals surface area contributed by atoms with Crippen LogP contribution >= 0.6 is 0 Å². The monoisotopic (exact) mass is 337 g/mol. The lowest BCUT2D eigenvalue weighted by Gasteiger charge is -2.09. The molecule has 0 bridgehead atoms. The van der Waals surface area contributed by atoms with Gasteiger partial charge in [-0.2, -0.15) is 5.10 Å². The highest BCUT2D eigenvalue weighted by Gasteiger charge is 2.14. The molecule has 0 radical (unpaired) electrons. The first-order chi connectivity index (χ1) is 11.9. The van der Waals surface area contributed by atoms with Crippen LogP contribution in [0.1, 0.15) is 5.56 Å². The van der Waals surface area contributed by atoms with Crippen LogP contribution in [-0.2, 0) is 11.3 Å². The summed E-state index contributed by atoms with van der Waals surface area (Å²) >= 11 is 0. The van der Waals surface area contributed by atoms with Crippen molar-refractivity contribution in [2.24, 2.45) is 5.73 Å². The molecule has 128 valence electrons. The van der Waals surface area contributed by atoms with Crippen LogP contribution in [0.15, 0.2) is 36.7 Å². The lowest BCUT2D eigenvalue weighted by Crippen LogP contribution is -2.26. The molecule has 1 amide bonds. The zero-order chi connectivity index (χ0) is 18.1. The van der Waals surface area contributed by atoms with Crippen molar-refractivity contribution in [3.63, 3.8) is 0 Å². The molecule has 0 spiro atoms. The highest BCUT2D eigenvalue weighted by Crippen LogP contribution is 2.27. The molecule has 3 rings (SSSR count). The molecule has 8 nitrogen and oxygen atoms in total. The Kier molecular flexibility index (Phi) is 4.10. The quantitative estimate of drug-likeness (QED) is 0.614. The second kappa shape index (κ2) is 6.23. The van der Waals surface area contributed by atoms with Gasteiger partial charge in [-0.1, -0.05) is 6.07 Å². The summed E-state index contributed by atoms with van der Waals surface area (Å²) in [5.41, 5.74) is 13.7. The minimum atomic E-state index is -0.0621. The molecule has 0 saturated heterocycles. The molecule has 0 aliphatic heterocycles. The fraction of sp³-hybridized carbons (Fsp3) is 0.176. The van der Waals surface area contributed by atoms with Crippen LogP contribution in [0.2, 0.25) is 0 Å². The van der Waals surface area contributed by atoms with E-state index in [1.807, 2.05) is 12.1 Å². The number of carbonyl (C=O) groups excluding carboxylic acids is 1. The molecular formula is C17H19N7O. The Morgan fingerprint density at radius 1 is 1.36 bits per heavy atom. The summed E-state index contributed by atoms with van der Waals surface area (Å²) in [5.74, 6) is 0.275. The maximum Gasteiger partial charge on any atom is 0.243 e. The number of nitrogens with two attached hydrogens (primary N) is 2. The number of nitrogens with zero attached hydrogens (tertiary/aromatic N) is 4. The van der Waals surface area contributed by atoms with E-state index in [0.29, 0.717) is 27.8 Å². The largest absolute Gasteiger partial charge is 0.405 e. The standard InChI is InChI=1S/C17H19N7O/c1-23(2)15(25)9-24-8-12-16(22-24)11-4-3-10(13(19)5-6-18)7-14(11)21-17(12)20/h3-8,19H,9,18H2,1-2H3,(H2,20,21)/b6-5-,19-13?. The molecule has 2 aromatic heterocycles. The van der Waals surface area contributed by atoms with Crippen molar-refractivity contribution in [1.82, 2.24) is 19.7 Å². The molecule has 8 heteroatoms. The lowest BCUT2D eigenvalue weighted by molar-refractivity contribution is -0.129. The predicted molar refractivity (Wildman–Crippen MR) is 98.3 cm³/mol. The number of benzene rings is 1. The fourth-order valence-electron chi connectivity index (χ4n) is 2.54. The van der Waals surface area contributed by atoms with Crippen LogP contribution in [0.4, 0.5) is 5.82 Å². The van der Waals surface area contributed by atoms with E-state index in [1.54, 1.807) is 31.0 Å². The molecule has 0 aliphatic carbocycles. The van der Waals surface area contributed by atoms with Crippen molar-refractivity contribution in [2.75, 3.05) is 19.8 Å². The average Bonchev–Trinajstić information content (AvgIpc) is 2.99. The number of carbonyl (C=O) groups is 1. The number of nitrogens with one attached hydrogen (secondary N) is 1. The Labute approximate surface area is 144 Å². The van der Waals surface area contributed by atoms with Gasteiger partial charge in [-0.05, 0) is 24.4 Å². The number of fused-ring (bicyclic) bond motifs is 3. The molecule has 1 aromatic carbocycles. The number of likely N-dealkylation sites (N-methyl/N-ethyl adjacent to an activating group) is 1. The van der Waals surface area contributed by atoms with Crippen LogP contribution in [0.5, 0.6) is 0 Å². The van der Waals surface area contributed by atoms with Gasteiger partial charge >= 0.3 is 0 Å². The van der Waals surface area contributed by atoms with E-state index in [-0.39, 0.29) is 18.2 Å². The Bertz CT molecular complexity index is 1020. The first-order valence-corrected chi connectivity index (χ1v) is 7.64. The zero-order valence-electron chi connectivity index (χ0n) is 14.0. The van der Waals surface area contributed by atoms with Gasteiger partial charge in [0, 0.05) is 31.2 Å². The van der Waals surface area contributed by atoms with E-state index in [0.717, 1.165) is 5.39 Å². The number of anilines is 1. The number of allylic oxidation sites excluding steroid dienone is 1. The maximum atomic E-state index is 11.9. The number of aromatic nitrogens is 3. The molecule has 0 fully saturated rings. The summed E-state index contributed by atoms with van der Waals surface area (Å²) < 4.78 is 1.57. The van der Waals surface area contributed by atoms with Crippen molar-refractivity contribution >= 4 is 39.2 Å². The third-order valence-electron chi connectivity index (χ3n) is 3.90. The van der Waals surface area contributed by atoms with E-state index in [2.05, 4.69) is 10.1 Å². The molecular weight excluding hydrogens is 318 g/mol. The number of hydrogen-bond donors (Lipinski definition) is 3. The summed E-state index contributed by atoms with van der Waals surface area (Å²) in [6.07, 6.45) is 4.55. The number of rotatable bonds is 4. The summed E-state index contributed by atoms with van der Waals surface area (Å²) in [6.45, 7) is 0.132. The van der Waals surface area contributed by atoms with Gasteiger partial charge in [0.05, 0.1) is 16.6 Å². The Hall–Kier alpha value is -3.42. The molecule has 0 atom stereocenters. The van der Waals surface area contributed by atoms with Crippen LogP contribution in [0, 0.1) is 5.41 Å². The van der Waals surface area contributed by atoms with Gasteiger partial charge in [-0.15, -0.1) is 0 Å². The van der Waals surface area contributed by atoms with E-state index in [1.165, 1.54) is 17.2 Å². The second-order valence-corrected chi connectivity index (χ2v) is 5.88. The molecule has 0 aliphatic rings. The lowest BCUT2D eigenvalue weighted by atomic mass is 10.1. The first-order valence-electron chi connectivity index (χ1n) is 7.64. The molecule has 5 N–H and O–H groups in total. The van der Waals surface area contributed by atoms with E-state index < -0.39 is 0 Å². The Morgan fingerprint density at radius 3 is 2.80 bits per heavy atom. The SMILES string of the molecule is CN(C)C(=O)Cn1cc2c(N)nc3cc(C(=N)/C=C\N)ccc3c2n1. The molecule has 0 unspecified atom stereocenters. The number of hydrogen-bond acceptors (Lipinski definition) is 6. The topological polar surface area (TPSA) is 127 Å². The maximum absolute atomic E-state index is 11.9. The summed E-state index contributed by atoms with van der Waals surface area (Å²) in [4.78, 5) is 17.8. The van der Waals surface area contributed by atoms with Gasteiger partial charge < -0.3 is 21.8 Å². The normalized spacial score (nSPS) is 11.4. The fourth-order valence-corrected chi connectivity index (χ4v) is 2.54. The van der Waals surface area contributed by atoms with Crippen molar-refractivity contribution < 1.29 is 4.79 Å². The second-order valence-electron chi connectivity index (χ2n) is 5.88. The third-order valence-corrected chi connectivity index (χ3v) is 3.90. The zero-order valence-corrected chi connectivity index (χ0v) is 14.0. The average molecular weight is 337 g/mol. The number of amides is 1.